The number of aliphatic hydroxyl groups is 1. The maximum atomic E-state index is 12.9. The highest BCUT2D eigenvalue weighted by molar-refractivity contribution is 5.43. The van der Waals surface area contributed by atoms with E-state index in [4.69, 9.17) is 9.47 Å². The lowest BCUT2D eigenvalue weighted by Gasteiger charge is -2.14. The molecule has 2 N–H and O–H groups in total. The third-order valence-corrected chi connectivity index (χ3v) is 3.62. The van der Waals surface area contributed by atoms with Crippen LogP contribution in [0.4, 0.5) is 4.39 Å². The highest BCUT2D eigenvalue weighted by atomic mass is 19.1. The van der Waals surface area contributed by atoms with E-state index in [-0.39, 0.29) is 5.82 Å². The Bertz CT molecular complexity index is 701. The third kappa shape index (κ3) is 5.89. The molecule has 25 heavy (non-hydrogen) atoms. The molecule has 5 heteroatoms. The Morgan fingerprint density at radius 3 is 2.56 bits per heavy atom. The van der Waals surface area contributed by atoms with Crippen LogP contribution < -0.4 is 14.8 Å². The van der Waals surface area contributed by atoms with E-state index in [1.54, 1.807) is 19.2 Å². The van der Waals surface area contributed by atoms with Gasteiger partial charge in [-0.05, 0) is 47.9 Å². The summed E-state index contributed by atoms with van der Waals surface area (Å²) >= 11 is 0. The van der Waals surface area contributed by atoms with Gasteiger partial charge in [0.05, 0.1) is 13.2 Å². The third-order valence-electron chi connectivity index (χ3n) is 3.62. The van der Waals surface area contributed by atoms with E-state index in [9.17, 15) is 9.50 Å². The molecule has 0 bridgehead atoms. The van der Waals surface area contributed by atoms with E-state index < -0.39 is 6.10 Å². The van der Waals surface area contributed by atoms with E-state index in [0.717, 1.165) is 11.1 Å². The van der Waals surface area contributed by atoms with E-state index in [2.05, 4.69) is 11.9 Å². The average molecular weight is 345 g/mol. The molecule has 0 spiro atoms. The minimum Gasteiger partial charge on any atom is -0.493 e. The quantitative estimate of drug-likeness (QED) is 0.682. The Morgan fingerprint density at radius 2 is 1.92 bits per heavy atom. The fourth-order valence-corrected chi connectivity index (χ4v) is 2.30. The Hall–Kier alpha value is -2.37. The number of nitrogens with one attached hydrogen (secondary N) is 1. The molecule has 1 atom stereocenters. The number of methoxy groups -OCH3 is 1. The molecule has 0 radical (unpaired) electrons. The lowest BCUT2D eigenvalue weighted by molar-refractivity contribution is 0.174. The number of hydrogen-bond donors (Lipinski definition) is 2. The molecule has 1 unspecified atom stereocenters. The van der Waals surface area contributed by atoms with Crippen molar-refractivity contribution in [1.82, 2.24) is 5.32 Å². The van der Waals surface area contributed by atoms with Gasteiger partial charge in [-0.25, -0.2) is 4.39 Å². The standard InChI is InChI=1S/C20H24FNO3/c1-14(2)13-25-20-10-15(4-9-19(20)24-3)11-22-12-18(23)16-5-7-17(21)8-6-16/h4-10,18,22-23H,1,11-13H2,2-3H3. The van der Waals surface area contributed by atoms with Crippen molar-refractivity contribution in [2.45, 2.75) is 19.6 Å². The molecule has 0 heterocycles. The number of rotatable bonds is 9. The van der Waals surface area contributed by atoms with Crippen LogP contribution in [0.5, 0.6) is 11.5 Å². The van der Waals surface area contributed by atoms with Crippen LogP contribution in [0.1, 0.15) is 24.2 Å². The van der Waals surface area contributed by atoms with Crippen molar-refractivity contribution >= 4 is 0 Å². The van der Waals surface area contributed by atoms with Gasteiger partial charge in [0.15, 0.2) is 11.5 Å². The summed E-state index contributed by atoms with van der Waals surface area (Å²) in [6.07, 6.45) is -0.696. The van der Waals surface area contributed by atoms with Gasteiger partial charge in [0.1, 0.15) is 12.4 Å². The number of hydrogen-bond acceptors (Lipinski definition) is 4. The lowest BCUT2D eigenvalue weighted by Crippen LogP contribution is -2.21. The van der Waals surface area contributed by atoms with Gasteiger partial charge in [0.2, 0.25) is 0 Å². The fourth-order valence-electron chi connectivity index (χ4n) is 2.30. The number of ether oxygens (including phenoxy) is 2. The largest absolute Gasteiger partial charge is 0.493 e. The molecule has 0 aliphatic rings. The second-order valence-electron chi connectivity index (χ2n) is 5.93. The minimum absolute atomic E-state index is 0.315. The first-order chi connectivity index (χ1) is 12.0. The SMILES string of the molecule is C=C(C)COc1cc(CNCC(O)c2ccc(F)cc2)ccc1OC. The maximum absolute atomic E-state index is 12.9. The molecule has 0 aliphatic carbocycles. The summed E-state index contributed by atoms with van der Waals surface area (Å²) in [6.45, 7) is 7.07. The molecule has 134 valence electrons. The first kappa shape index (κ1) is 19.0. The molecule has 0 aromatic heterocycles. The predicted molar refractivity (Wildman–Crippen MR) is 96.4 cm³/mol. The van der Waals surface area contributed by atoms with Crippen LogP contribution in [-0.4, -0.2) is 25.4 Å². The van der Waals surface area contributed by atoms with Gasteiger partial charge in [-0.15, -0.1) is 0 Å². The van der Waals surface area contributed by atoms with E-state index in [1.165, 1.54) is 12.1 Å². The van der Waals surface area contributed by atoms with Crippen molar-refractivity contribution in [3.05, 3.63) is 71.6 Å². The molecular formula is C20H24FNO3. The topological polar surface area (TPSA) is 50.7 Å². The molecule has 2 aromatic carbocycles. The Kier molecular flexibility index (Phi) is 6.98. The summed E-state index contributed by atoms with van der Waals surface area (Å²) in [5.74, 6) is 1.00. The molecule has 2 rings (SSSR count). The average Bonchev–Trinajstić information content (AvgIpc) is 2.60. The Labute approximate surface area is 147 Å². The summed E-state index contributed by atoms with van der Waals surface area (Å²) in [5, 5.41) is 13.3. The first-order valence-corrected chi connectivity index (χ1v) is 8.08. The van der Waals surface area contributed by atoms with Gasteiger partial charge in [-0.2, -0.15) is 0 Å². The van der Waals surface area contributed by atoms with Gasteiger partial charge >= 0.3 is 0 Å². The second kappa shape index (κ2) is 9.20. The van der Waals surface area contributed by atoms with Crippen molar-refractivity contribution in [2.24, 2.45) is 0 Å². The minimum atomic E-state index is -0.696. The molecule has 4 nitrogen and oxygen atoms in total. The van der Waals surface area contributed by atoms with E-state index in [1.807, 2.05) is 25.1 Å². The monoisotopic (exact) mass is 345 g/mol. The van der Waals surface area contributed by atoms with Gasteiger partial charge in [-0.3, -0.25) is 0 Å². The zero-order valence-electron chi connectivity index (χ0n) is 14.6. The van der Waals surface area contributed by atoms with Crippen LogP contribution in [0.3, 0.4) is 0 Å². The molecule has 0 saturated heterocycles. The van der Waals surface area contributed by atoms with Crippen LogP contribution in [0, 0.1) is 5.82 Å². The van der Waals surface area contributed by atoms with Gasteiger partial charge < -0.3 is 19.9 Å². The van der Waals surface area contributed by atoms with Crippen LogP contribution in [0.15, 0.2) is 54.6 Å². The van der Waals surface area contributed by atoms with Crippen molar-refractivity contribution in [3.8, 4) is 11.5 Å². The Morgan fingerprint density at radius 1 is 1.20 bits per heavy atom. The van der Waals surface area contributed by atoms with Crippen LogP contribution in [-0.2, 0) is 6.54 Å². The zero-order valence-corrected chi connectivity index (χ0v) is 14.6. The summed E-state index contributed by atoms with van der Waals surface area (Å²) in [7, 11) is 1.60. The highest BCUT2D eigenvalue weighted by Gasteiger charge is 2.09. The van der Waals surface area contributed by atoms with Crippen molar-refractivity contribution in [2.75, 3.05) is 20.3 Å². The van der Waals surface area contributed by atoms with Gasteiger partial charge in [0.25, 0.3) is 0 Å². The molecule has 2 aromatic rings. The maximum Gasteiger partial charge on any atom is 0.161 e. The van der Waals surface area contributed by atoms with E-state index >= 15 is 0 Å². The summed E-state index contributed by atoms with van der Waals surface area (Å²) < 4.78 is 23.9. The summed E-state index contributed by atoms with van der Waals surface area (Å²) in [5.41, 5.74) is 2.60. The molecule has 0 fully saturated rings. The molecule has 0 aliphatic heterocycles. The number of aliphatic hydroxyl groups excluding tert-OH is 1. The zero-order chi connectivity index (χ0) is 18.2. The van der Waals surface area contributed by atoms with Crippen molar-refractivity contribution in [3.63, 3.8) is 0 Å². The molecular weight excluding hydrogens is 321 g/mol. The second-order valence-corrected chi connectivity index (χ2v) is 5.93. The first-order valence-electron chi connectivity index (χ1n) is 8.08. The van der Waals surface area contributed by atoms with Crippen molar-refractivity contribution in [1.29, 1.82) is 0 Å². The highest BCUT2D eigenvalue weighted by Crippen LogP contribution is 2.28. The van der Waals surface area contributed by atoms with Gasteiger partial charge in [0, 0.05) is 13.1 Å². The Balaban J connectivity index is 1.92. The predicted octanol–water partition coefficient (Wildman–Crippen LogP) is 3.61. The van der Waals surface area contributed by atoms with Gasteiger partial charge in [-0.1, -0.05) is 24.8 Å². The lowest BCUT2D eigenvalue weighted by atomic mass is 10.1. The van der Waals surface area contributed by atoms with Crippen LogP contribution in [0.25, 0.3) is 0 Å². The summed E-state index contributed by atoms with van der Waals surface area (Å²) in [6, 6.07) is 11.5. The number of benzene rings is 2. The van der Waals surface area contributed by atoms with E-state index in [0.29, 0.717) is 36.8 Å². The molecule has 0 amide bonds. The number of halogens is 1. The smallest absolute Gasteiger partial charge is 0.161 e. The van der Waals surface area contributed by atoms with Crippen LogP contribution >= 0.6 is 0 Å². The summed E-state index contributed by atoms with van der Waals surface area (Å²) in [4.78, 5) is 0. The fraction of sp³-hybridized carbons (Fsp3) is 0.300. The van der Waals surface area contributed by atoms with Crippen molar-refractivity contribution < 1.29 is 19.0 Å². The normalized spacial score (nSPS) is 11.8. The van der Waals surface area contributed by atoms with Crippen LogP contribution in [0.2, 0.25) is 0 Å². The molecule has 0 saturated carbocycles.